The first kappa shape index (κ1) is 9.14. The number of rotatable bonds is 4. The Morgan fingerprint density at radius 3 is 3.21 bits per heavy atom. The molecule has 0 aliphatic rings. The van der Waals surface area contributed by atoms with Crippen molar-refractivity contribution >= 4 is 16.5 Å². The second kappa shape index (κ2) is 4.19. The van der Waals surface area contributed by atoms with E-state index in [9.17, 15) is 0 Å². The van der Waals surface area contributed by atoms with E-state index >= 15 is 0 Å². The van der Waals surface area contributed by atoms with Gasteiger partial charge in [0.25, 0.3) is 0 Å². The Kier molecular flexibility index (Phi) is 2.73. The van der Waals surface area contributed by atoms with Crippen LogP contribution in [0.4, 0.5) is 5.00 Å². The van der Waals surface area contributed by atoms with E-state index in [0.29, 0.717) is 6.54 Å². The lowest BCUT2D eigenvalue weighted by Crippen LogP contribution is -2.04. The van der Waals surface area contributed by atoms with Gasteiger partial charge in [-0.25, -0.2) is 0 Å². The highest BCUT2D eigenvalue weighted by molar-refractivity contribution is 7.10. The molecule has 0 fully saturated rings. The van der Waals surface area contributed by atoms with Gasteiger partial charge in [-0.15, -0.1) is 5.10 Å². The van der Waals surface area contributed by atoms with Crippen LogP contribution in [0.2, 0.25) is 0 Å². The van der Waals surface area contributed by atoms with E-state index in [0.717, 1.165) is 17.2 Å². The summed E-state index contributed by atoms with van der Waals surface area (Å²) < 4.78 is 5.74. The number of aromatic nitrogens is 4. The highest BCUT2D eigenvalue weighted by Crippen LogP contribution is 2.17. The molecule has 5 nitrogen and oxygen atoms in total. The molecule has 0 radical (unpaired) electrons. The summed E-state index contributed by atoms with van der Waals surface area (Å²) >= 11 is 1.38. The first-order valence-electron chi connectivity index (χ1n) is 4.42. The van der Waals surface area contributed by atoms with Crippen LogP contribution in [0.15, 0.2) is 18.5 Å². The zero-order valence-electron chi connectivity index (χ0n) is 7.84. The minimum Gasteiger partial charge on any atom is -0.374 e. The molecular weight excluding hydrogens is 198 g/mol. The van der Waals surface area contributed by atoms with Crippen LogP contribution in [0.3, 0.4) is 0 Å². The molecule has 0 aromatic carbocycles. The molecular formula is C8H11N5S. The van der Waals surface area contributed by atoms with Gasteiger partial charge in [-0.2, -0.15) is 5.10 Å². The summed E-state index contributed by atoms with van der Waals surface area (Å²) in [4.78, 5) is 0. The van der Waals surface area contributed by atoms with E-state index < -0.39 is 0 Å². The molecule has 0 bridgehead atoms. The Balaban J connectivity index is 2.12. The summed E-state index contributed by atoms with van der Waals surface area (Å²) in [6, 6.07) is 1.90. The zero-order valence-corrected chi connectivity index (χ0v) is 8.66. The molecule has 0 unspecified atom stereocenters. The lowest BCUT2D eigenvalue weighted by molar-refractivity contribution is 0.671. The fourth-order valence-electron chi connectivity index (χ4n) is 1.15. The Hall–Kier alpha value is -1.43. The second-order valence-electron chi connectivity index (χ2n) is 2.78. The third-order valence-electron chi connectivity index (χ3n) is 1.76. The first-order valence-corrected chi connectivity index (χ1v) is 5.20. The Morgan fingerprint density at radius 1 is 1.57 bits per heavy atom. The molecule has 0 atom stereocenters. The van der Waals surface area contributed by atoms with Gasteiger partial charge < -0.3 is 5.32 Å². The van der Waals surface area contributed by atoms with Crippen LogP contribution in [-0.4, -0.2) is 25.9 Å². The highest BCUT2D eigenvalue weighted by atomic mass is 32.1. The van der Waals surface area contributed by atoms with Crippen LogP contribution in [0.25, 0.3) is 0 Å². The van der Waals surface area contributed by atoms with Gasteiger partial charge in [-0.05, 0) is 13.0 Å². The first-order chi connectivity index (χ1) is 6.90. The van der Waals surface area contributed by atoms with Gasteiger partial charge in [0.2, 0.25) is 0 Å². The smallest absolute Gasteiger partial charge is 0.135 e. The van der Waals surface area contributed by atoms with Crippen LogP contribution in [0.1, 0.15) is 12.6 Å². The Bertz CT molecular complexity index is 380. The standard InChI is InChI=1S/C8H11N5S/c1-2-9-8-7(11-12-14-8)6-13-5-3-4-10-13/h3-5,9H,2,6H2,1H3. The van der Waals surface area contributed by atoms with Crippen LogP contribution >= 0.6 is 11.5 Å². The van der Waals surface area contributed by atoms with Crippen molar-refractivity contribution < 1.29 is 0 Å². The maximum absolute atomic E-state index is 4.12. The Labute approximate surface area is 85.9 Å². The SMILES string of the molecule is CCNc1snnc1Cn1cccn1. The summed E-state index contributed by atoms with van der Waals surface area (Å²) in [5.74, 6) is 0. The van der Waals surface area contributed by atoms with E-state index in [-0.39, 0.29) is 0 Å². The van der Waals surface area contributed by atoms with Crippen molar-refractivity contribution in [3.05, 3.63) is 24.2 Å². The monoisotopic (exact) mass is 209 g/mol. The van der Waals surface area contributed by atoms with Gasteiger partial charge in [-0.3, -0.25) is 4.68 Å². The molecule has 2 aromatic rings. The maximum atomic E-state index is 4.12. The maximum Gasteiger partial charge on any atom is 0.135 e. The zero-order chi connectivity index (χ0) is 9.80. The topological polar surface area (TPSA) is 55.6 Å². The predicted molar refractivity (Wildman–Crippen MR) is 55.4 cm³/mol. The van der Waals surface area contributed by atoms with Crippen LogP contribution < -0.4 is 5.32 Å². The number of hydrogen-bond acceptors (Lipinski definition) is 5. The van der Waals surface area contributed by atoms with E-state index in [1.165, 1.54) is 11.5 Å². The number of nitrogens with one attached hydrogen (secondary N) is 1. The summed E-state index contributed by atoms with van der Waals surface area (Å²) in [7, 11) is 0. The van der Waals surface area contributed by atoms with Crippen molar-refractivity contribution in [1.82, 2.24) is 19.4 Å². The molecule has 0 spiro atoms. The molecule has 74 valence electrons. The van der Waals surface area contributed by atoms with Gasteiger partial charge in [0.1, 0.15) is 10.7 Å². The van der Waals surface area contributed by atoms with Crippen LogP contribution in [0.5, 0.6) is 0 Å². The quantitative estimate of drug-likeness (QED) is 0.822. The van der Waals surface area contributed by atoms with Crippen molar-refractivity contribution in [1.29, 1.82) is 0 Å². The third kappa shape index (κ3) is 1.90. The average Bonchev–Trinajstić information content (AvgIpc) is 2.80. The largest absolute Gasteiger partial charge is 0.374 e. The van der Waals surface area contributed by atoms with Gasteiger partial charge in [0.15, 0.2) is 0 Å². The average molecular weight is 209 g/mol. The second-order valence-corrected chi connectivity index (χ2v) is 3.54. The summed E-state index contributed by atoms with van der Waals surface area (Å²) in [6.45, 7) is 3.61. The summed E-state index contributed by atoms with van der Waals surface area (Å²) in [6.07, 6.45) is 3.67. The molecule has 1 N–H and O–H groups in total. The molecule has 2 aromatic heterocycles. The van der Waals surface area contributed by atoms with E-state index in [2.05, 4.69) is 26.9 Å². The van der Waals surface area contributed by atoms with Crippen LogP contribution in [0, 0.1) is 0 Å². The summed E-state index contributed by atoms with van der Waals surface area (Å²) in [5.41, 5.74) is 0.945. The van der Waals surface area contributed by atoms with Crippen molar-refractivity contribution in [2.24, 2.45) is 0 Å². The Morgan fingerprint density at radius 2 is 2.50 bits per heavy atom. The molecule has 0 saturated heterocycles. The third-order valence-corrected chi connectivity index (χ3v) is 2.49. The van der Waals surface area contributed by atoms with E-state index in [4.69, 9.17) is 0 Å². The highest BCUT2D eigenvalue weighted by Gasteiger charge is 2.06. The predicted octanol–water partition coefficient (Wildman–Crippen LogP) is 1.21. The minimum absolute atomic E-state index is 0.672. The molecule has 0 aliphatic carbocycles. The molecule has 0 saturated carbocycles. The number of anilines is 1. The van der Waals surface area contributed by atoms with E-state index in [1.54, 1.807) is 6.20 Å². The van der Waals surface area contributed by atoms with Crippen molar-refractivity contribution in [3.63, 3.8) is 0 Å². The van der Waals surface area contributed by atoms with Crippen molar-refractivity contribution in [2.75, 3.05) is 11.9 Å². The fourth-order valence-corrected chi connectivity index (χ4v) is 1.79. The molecule has 14 heavy (non-hydrogen) atoms. The number of hydrogen-bond donors (Lipinski definition) is 1. The summed E-state index contributed by atoms with van der Waals surface area (Å²) in [5, 5.41) is 12.4. The fraction of sp³-hybridized carbons (Fsp3) is 0.375. The van der Waals surface area contributed by atoms with E-state index in [1.807, 2.05) is 16.9 Å². The van der Waals surface area contributed by atoms with Gasteiger partial charge in [-0.1, -0.05) is 4.49 Å². The molecule has 0 aliphatic heterocycles. The van der Waals surface area contributed by atoms with Gasteiger partial charge in [0.05, 0.1) is 6.54 Å². The lowest BCUT2D eigenvalue weighted by atomic mass is 10.4. The normalized spacial score (nSPS) is 10.4. The van der Waals surface area contributed by atoms with Gasteiger partial charge >= 0.3 is 0 Å². The van der Waals surface area contributed by atoms with Crippen molar-refractivity contribution in [2.45, 2.75) is 13.5 Å². The lowest BCUT2D eigenvalue weighted by Gasteiger charge is -2.01. The molecule has 2 rings (SSSR count). The molecule has 2 heterocycles. The van der Waals surface area contributed by atoms with Gasteiger partial charge in [0, 0.05) is 30.5 Å². The number of nitrogens with zero attached hydrogens (tertiary/aromatic N) is 4. The molecule has 6 heteroatoms. The van der Waals surface area contributed by atoms with Crippen molar-refractivity contribution in [3.8, 4) is 0 Å². The van der Waals surface area contributed by atoms with Crippen LogP contribution in [-0.2, 0) is 6.54 Å². The molecule has 0 amide bonds. The minimum atomic E-state index is 0.672.